The zero-order chi connectivity index (χ0) is 15.2. The van der Waals surface area contributed by atoms with Crippen LogP contribution in [0, 0.1) is 5.41 Å². The maximum atomic E-state index is 11.7. The number of aryl methyl sites for hydroxylation is 1. The van der Waals surface area contributed by atoms with E-state index in [2.05, 4.69) is 36.5 Å². The first-order valence-corrected chi connectivity index (χ1v) is 6.93. The highest BCUT2D eigenvalue weighted by molar-refractivity contribution is 5.74. The number of hydrogen-bond donors (Lipinski definition) is 3. The molecule has 1 aromatic rings. The lowest BCUT2D eigenvalue weighted by molar-refractivity contribution is 0.191. The van der Waals surface area contributed by atoms with Crippen LogP contribution in [-0.2, 0) is 13.5 Å². The molecule has 0 bridgehead atoms. The molecule has 1 unspecified atom stereocenters. The predicted octanol–water partition coefficient (Wildman–Crippen LogP) is 1.06. The van der Waals surface area contributed by atoms with Gasteiger partial charge in [-0.05, 0) is 23.8 Å². The second-order valence-electron chi connectivity index (χ2n) is 6.32. The molecule has 1 heterocycles. The van der Waals surface area contributed by atoms with Crippen molar-refractivity contribution in [2.24, 2.45) is 12.5 Å². The van der Waals surface area contributed by atoms with Crippen molar-refractivity contribution in [1.82, 2.24) is 20.4 Å². The molecule has 0 aliphatic rings. The summed E-state index contributed by atoms with van der Waals surface area (Å²) in [5.74, 6) is 0. The van der Waals surface area contributed by atoms with E-state index < -0.39 is 0 Å². The number of aromatic nitrogens is 2. The molecular weight excluding hydrogens is 256 g/mol. The normalized spacial score (nSPS) is 13.1. The van der Waals surface area contributed by atoms with E-state index in [4.69, 9.17) is 0 Å². The zero-order valence-corrected chi connectivity index (χ0v) is 12.8. The Bertz CT molecular complexity index is 423. The van der Waals surface area contributed by atoms with Crippen LogP contribution in [0.5, 0.6) is 0 Å². The minimum absolute atomic E-state index is 0.0483. The van der Waals surface area contributed by atoms with E-state index in [0.717, 1.165) is 18.4 Å². The molecule has 6 heteroatoms. The number of carbonyl (C=O) groups is 1. The SMILES string of the molecule is Cn1cc(CCNC(=O)NC(CO)CC(C)(C)C)cn1. The summed E-state index contributed by atoms with van der Waals surface area (Å²) in [6.07, 6.45) is 5.19. The quantitative estimate of drug-likeness (QED) is 0.730. The zero-order valence-electron chi connectivity index (χ0n) is 12.8. The number of hydrogen-bond acceptors (Lipinski definition) is 3. The Morgan fingerprint density at radius 3 is 2.70 bits per heavy atom. The second-order valence-corrected chi connectivity index (χ2v) is 6.32. The fraction of sp³-hybridized carbons (Fsp3) is 0.714. The first-order valence-electron chi connectivity index (χ1n) is 6.93. The van der Waals surface area contributed by atoms with Gasteiger partial charge in [0, 0.05) is 19.8 Å². The smallest absolute Gasteiger partial charge is 0.315 e. The lowest BCUT2D eigenvalue weighted by Gasteiger charge is -2.25. The number of nitrogens with zero attached hydrogens (tertiary/aromatic N) is 2. The van der Waals surface area contributed by atoms with Gasteiger partial charge in [0.05, 0.1) is 18.8 Å². The minimum atomic E-state index is -0.239. The molecule has 3 N–H and O–H groups in total. The van der Waals surface area contributed by atoms with Gasteiger partial charge in [0.1, 0.15) is 0 Å². The largest absolute Gasteiger partial charge is 0.394 e. The van der Waals surface area contributed by atoms with E-state index in [0.29, 0.717) is 6.54 Å². The molecule has 6 nitrogen and oxygen atoms in total. The van der Waals surface area contributed by atoms with Crippen LogP contribution < -0.4 is 10.6 Å². The fourth-order valence-corrected chi connectivity index (χ4v) is 2.06. The van der Waals surface area contributed by atoms with Crippen molar-refractivity contribution in [3.8, 4) is 0 Å². The van der Waals surface area contributed by atoms with Crippen LogP contribution in [0.2, 0.25) is 0 Å². The molecular formula is C14H26N4O2. The number of rotatable bonds is 6. The molecule has 0 aromatic carbocycles. The van der Waals surface area contributed by atoms with Gasteiger partial charge in [0.2, 0.25) is 0 Å². The van der Waals surface area contributed by atoms with Crippen LogP contribution >= 0.6 is 0 Å². The van der Waals surface area contributed by atoms with Crippen molar-refractivity contribution in [3.05, 3.63) is 18.0 Å². The molecule has 0 saturated heterocycles. The predicted molar refractivity (Wildman–Crippen MR) is 78.4 cm³/mol. The summed E-state index contributed by atoms with van der Waals surface area (Å²) in [4.78, 5) is 11.7. The van der Waals surface area contributed by atoms with Gasteiger partial charge >= 0.3 is 6.03 Å². The van der Waals surface area contributed by atoms with E-state index in [1.54, 1.807) is 10.9 Å². The lowest BCUT2D eigenvalue weighted by Crippen LogP contribution is -2.45. The Hall–Kier alpha value is -1.56. The van der Waals surface area contributed by atoms with Crippen LogP contribution in [0.1, 0.15) is 32.8 Å². The Labute approximate surface area is 120 Å². The summed E-state index contributed by atoms with van der Waals surface area (Å²) in [7, 11) is 1.86. The summed E-state index contributed by atoms with van der Waals surface area (Å²) >= 11 is 0. The molecule has 0 radical (unpaired) electrons. The van der Waals surface area contributed by atoms with Crippen LogP contribution in [-0.4, -0.2) is 40.1 Å². The van der Waals surface area contributed by atoms with Gasteiger partial charge < -0.3 is 15.7 Å². The first kappa shape index (κ1) is 16.5. The van der Waals surface area contributed by atoms with Crippen molar-refractivity contribution < 1.29 is 9.90 Å². The van der Waals surface area contributed by atoms with Gasteiger partial charge in [-0.1, -0.05) is 20.8 Å². The monoisotopic (exact) mass is 282 g/mol. The van der Waals surface area contributed by atoms with Crippen molar-refractivity contribution in [3.63, 3.8) is 0 Å². The van der Waals surface area contributed by atoms with Gasteiger partial charge in [-0.25, -0.2) is 4.79 Å². The number of aliphatic hydroxyl groups is 1. The standard InChI is InChI=1S/C14H26N4O2/c1-14(2,3)7-12(10-19)17-13(20)15-6-5-11-8-16-18(4)9-11/h8-9,12,19H,5-7,10H2,1-4H3,(H2,15,17,20). The first-order chi connectivity index (χ1) is 9.30. The Morgan fingerprint density at radius 1 is 1.50 bits per heavy atom. The summed E-state index contributed by atoms with van der Waals surface area (Å²) < 4.78 is 1.74. The molecule has 1 rings (SSSR count). The fourth-order valence-electron chi connectivity index (χ4n) is 2.06. The summed E-state index contributed by atoms with van der Waals surface area (Å²) in [6, 6.07) is -0.453. The summed E-state index contributed by atoms with van der Waals surface area (Å²) in [5.41, 5.74) is 1.15. The Morgan fingerprint density at radius 2 is 2.20 bits per heavy atom. The van der Waals surface area contributed by atoms with E-state index in [1.165, 1.54) is 0 Å². The Kier molecular flexibility index (Phi) is 6.01. The van der Waals surface area contributed by atoms with E-state index in [1.807, 2.05) is 13.2 Å². The average molecular weight is 282 g/mol. The lowest BCUT2D eigenvalue weighted by atomic mass is 9.88. The molecule has 1 aromatic heterocycles. The second kappa shape index (κ2) is 7.28. The van der Waals surface area contributed by atoms with Gasteiger partial charge in [-0.2, -0.15) is 5.10 Å². The highest BCUT2D eigenvalue weighted by Crippen LogP contribution is 2.20. The van der Waals surface area contributed by atoms with E-state index >= 15 is 0 Å². The third-order valence-electron chi connectivity index (χ3n) is 2.87. The third kappa shape index (κ3) is 6.56. The molecule has 0 fully saturated rings. The molecule has 1 atom stereocenters. The van der Waals surface area contributed by atoms with Crippen molar-refractivity contribution in [2.75, 3.05) is 13.2 Å². The van der Waals surface area contributed by atoms with E-state index in [9.17, 15) is 9.90 Å². The Balaban J connectivity index is 2.28. The van der Waals surface area contributed by atoms with Gasteiger partial charge in [-0.3, -0.25) is 4.68 Å². The molecule has 2 amide bonds. The molecule has 0 aliphatic heterocycles. The molecule has 0 saturated carbocycles. The van der Waals surface area contributed by atoms with Crippen molar-refractivity contribution in [2.45, 2.75) is 39.7 Å². The van der Waals surface area contributed by atoms with Crippen molar-refractivity contribution >= 4 is 6.03 Å². The van der Waals surface area contributed by atoms with Crippen molar-refractivity contribution in [1.29, 1.82) is 0 Å². The third-order valence-corrected chi connectivity index (χ3v) is 2.87. The molecule has 114 valence electrons. The summed E-state index contributed by atoms with van der Waals surface area (Å²) in [6.45, 7) is 6.74. The molecule has 0 aliphatic carbocycles. The number of amides is 2. The molecule has 0 spiro atoms. The van der Waals surface area contributed by atoms with Gasteiger partial charge in [-0.15, -0.1) is 0 Å². The van der Waals surface area contributed by atoms with E-state index in [-0.39, 0.29) is 24.1 Å². The number of aliphatic hydroxyl groups excluding tert-OH is 1. The number of nitrogens with one attached hydrogen (secondary N) is 2. The van der Waals surface area contributed by atoms with Crippen LogP contribution in [0.4, 0.5) is 4.79 Å². The van der Waals surface area contributed by atoms with Crippen LogP contribution in [0.15, 0.2) is 12.4 Å². The maximum Gasteiger partial charge on any atom is 0.315 e. The number of carbonyl (C=O) groups excluding carboxylic acids is 1. The summed E-state index contributed by atoms with van der Waals surface area (Å²) in [5, 5.41) is 18.9. The van der Waals surface area contributed by atoms with Crippen LogP contribution in [0.25, 0.3) is 0 Å². The van der Waals surface area contributed by atoms with Gasteiger partial charge in [0.15, 0.2) is 0 Å². The number of urea groups is 1. The minimum Gasteiger partial charge on any atom is -0.394 e. The molecule has 20 heavy (non-hydrogen) atoms. The highest BCUT2D eigenvalue weighted by atomic mass is 16.3. The van der Waals surface area contributed by atoms with Gasteiger partial charge in [0.25, 0.3) is 0 Å². The topological polar surface area (TPSA) is 79.2 Å². The highest BCUT2D eigenvalue weighted by Gasteiger charge is 2.19. The maximum absolute atomic E-state index is 11.7. The average Bonchev–Trinajstić information content (AvgIpc) is 2.72. The van der Waals surface area contributed by atoms with Crippen LogP contribution in [0.3, 0.4) is 0 Å².